The number of thioether (sulfide) groups is 1. The molecule has 0 aliphatic rings. The lowest BCUT2D eigenvalue weighted by atomic mass is 10.1. The Labute approximate surface area is 167 Å². The van der Waals surface area contributed by atoms with Gasteiger partial charge >= 0.3 is 5.97 Å². The van der Waals surface area contributed by atoms with Crippen molar-refractivity contribution in [1.82, 2.24) is 4.98 Å². The number of nitrogens with zero attached hydrogens (tertiary/aromatic N) is 2. The van der Waals surface area contributed by atoms with Gasteiger partial charge in [-0.25, -0.2) is 9.78 Å². The number of benzene rings is 2. The molecule has 4 aromatic rings. The Kier molecular flexibility index (Phi) is 4.88. The minimum atomic E-state index is -1.16. The summed E-state index contributed by atoms with van der Waals surface area (Å²) in [4.78, 5) is 26.3. The van der Waals surface area contributed by atoms with Gasteiger partial charge in [-0.3, -0.25) is 10.1 Å². The molecule has 9 heteroatoms. The van der Waals surface area contributed by atoms with Crippen molar-refractivity contribution in [2.75, 3.05) is 0 Å². The van der Waals surface area contributed by atoms with Crippen molar-refractivity contribution < 1.29 is 23.7 Å². The van der Waals surface area contributed by atoms with Gasteiger partial charge in [-0.1, -0.05) is 24.3 Å². The molecule has 0 aliphatic carbocycles. The molecule has 4 rings (SSSR count). The number of rotatable bonds is 6. The van der Waals surface area contributed by atoms with E-state index in [1.54, 1.807) is 42.5 Å². The summed E-state index contributed by atoms with van der Waals surface area (Å²) >= 11 is 0.863. The Morgan fingerprint density at radius 2 is 1.93 bits per heavy atom. The Hall–Kier alpha value is -3.85. The molecule has 1 N–H and O–H groups in total. The summed E-state index contributed by atoms with van der Waals surface area (Å²) in [5.41, 5.74) is 1.65. The molecule has 2 heterocycles. The number of carboxylic acids is 1. The quantitative estimate of drug-likeness (QED) is 0.200. The molecule has 0 saturated carbocycles. The van der Waals surface area contributed by atoms with Crippen molar-refractivity contribution in [3.8, 4) is 11.3 Å². The first kappa shape index (κ1) is 18.5. The van der Waals surface area contributed by atoms with E-state index in [9.17, 15) is 20.0 Å². The van der Waals surface area contributed by atoms with Gasteiger partial charge < -0.3 is 13.9 Å². The highest BCUT2D eigenvalue weighted by Crippen LogP contribution is 2.32. The summed E-state index contributed by atoms with van der Waals surface area (Å²) in [6, 6.07) is 16.3. The van der Waals surface area contributed by atoms with Crippen molar-refractivity contribution in [3.05, 3.63) is 81.4 Å². The molecule has 0 aliphatic heterocycles. The number of hydrogen-bond donors (Lipinski definition) is 1. The summed E-state index contributed by atoms with van der Waals surface area (Å²) in [5, 5.41) is 20.6. The van der Waals surface area contributed by atoms with Crippen molar-refractivity contribution in [2.24, 2.45) is 0 Å². The van der Waals surface area contributed by atoms with E-state index in [4.69, 9.17) is 8.83 Å². The number of aromatic nitrogens is 1. The average molecular weight is 408 g/mol. The molecule has 0 amide bonds. The zero-order valence-corrected chi connectivity index (χ0v) is 15.5. The molecule has 144 valence electrons. The standard InChI is InChI=1S/C20H12N2O6S/c23-19(24)18(29-20-21-15-6-1-2-7-17(15)28-20)11-14-8-9-16(27-14)12-4-3-5-13(10-12)22(25)26/h1-11H,(H,23,24)/b18-11-. The number of nitro groups is 1. The van der Waals surface area contributed by atoms with Gasteiger partial charge in [0.1, 0.15) is 21.9 Å². The molecule has 0 saturated heterocycles. The normalized spacial score (nSPS) is 11.7. The molecule has 0 radical (unpaired) electrons. The highest BCUT2D eigenvalue weighted by Gasteiger charge is 2.16. The van der Waals surface area contributed by atoms with Crippen LogP contribution in [0.4, 0.5) is 5.69 Å². The van der Waals surface area contributed by atoms with Crippen LogP contribution in [-0.2, 0) is 4.79 Å². The number of oxazole rings is 1. The molecular weight excluding hydrogens is 396 g/mol. The molecule has 0 atom stereocenters. The fourth-order valence-electron chi connectivity index (χ4n) is 2.61. The Morgan fingerprint density at radius 1 is 1.10 bits per heavy atom. The van der Waals surface area contributed by atoms with Gasteiger partial charge in [0.2, 0.25) is 0 Å². The minimum Gasteiger partial charge on any atom is -0.477 e. The van der Waals surface area contributed by atoms with E-state index < -0.39 is 10.9 Å². The van der Waals surface area contributed by atoms with Crippen LogP contribution in [0.2, 0.25) is 0 Å². The van der Waals surface area contributed by atoms with Crippen LogP contribution in [0.25, 0.3) is 28.5 Å². The monoisotopic (exact) mass is 408 g/mol. The number of non-ortho nitro benzene ring substituents is 1. The number of furan rings is 1. The molecule has 0 fully saturated rings. The third-order valence-corrected chi connectivity index (χ3v) is 4.79. The summed E-state index contributed by atoms with van der Waals surface area (Å²) in [6.45, 7) is 0. The summed E-state index contributed by atoms with van der Waals surface area (Å²) < 4.78 is 11.2. The second-order valence-corrected chi connectivity index (χ2v) is 6.87. The predicted molar refractivity (Wildman–Crippen MR) is 106 cm³/mol. The van der Waals surface area contributed by atoms with Crippen LogP contribution in [0.1, 0.15) is 5.76 Å². The molecule has 2 aromatic heterocycles. The fraction of sp³-hybridized carbons (Fsp3) is 0. The number of nitro benzene ring substituents is 1. The van der Waals surface area contributed by atoms with E-state index in [-0.39, 0.29) is 21.6 Å². The number of carbonyl (C=O) groups is 1. The average Bonchev–Trinajstić information content (AvgIpc) is 3.34. The highest BCUT2D eigenvalue weighted by molar-refractivity contribution is 8.03. The van der Waals surface area contributed by atoms with Crippen molar-refractivity contribution in [2.45, 2.75) is 5.22 Å². The summed E-state index contributed by atoms with van der Waals surface area (Å²) in [6.07, 6.45) is 1.35. The molecule has 29 heavy (non-hydrogen) atoms. The number of carboxylic acid groups (broad SMARTS) is 1. The molecule has 2 aromatic carbocycles. The van der Waals surface area contributed by atoms with Crippen LogP contribution >= 0.6 is 11.8 Å². The Balaban J connectivity index is 1.61. The number of hydrogen-bond acceptors (Lipinski definition) is 7. The van der Waals surface area contributed by atoms with E-state index in [0.717, 1.165) is 11.8 Å². The first-order valence-corrected chi connectivity index (χ1v) is 9.14. The number of para-hydroxylation sites is 2. The van der Waals surface area contributed by atoms with Gasteiger partial charge in [0.15, 0.2) is 5.58 Å². The molecular formula is C20H12N2O6S. The molecule has 0 spiro atoms. The van der Waals surface area contributed by atoms with Gasteiger partial charge in [-0.15, -0.1) is 0 Å². The van der Waals surface area contributed by atoms with Crippen LogP contribution < -0.4 is 0 Å². The van der Waals surface area contributed by atoms with Crippen LogP contribution in [0.15, 0.2) is 79.6 Å². The maximum Gasteiger partial charge on any atom is 0.342 e. The summed E-state index contributed by atoms with van der Waals surface area (Å²) in [7, 11) is 0. The topological polar surface area (TPSA) is 120 Å². The van der Waals surface area contributed by atoms with Gasteiger partial charge in [-0.2, -0.15) is 0 Å². The first-order valence-electron chi connectivity index (χ1n) is 8.33. The largest absolute Gasteiger partial charge is 0.477 e. The van der Waals surface area contributed by atoms with Crippen molar-refractivity contribution in [1.29, 1.82) is 0 Å². The van der Waals surface area contributed by atoms with Crippen LogP contribution in [-0.4, -0.2) is 21.0 Å². The number of fused-ring (bicyclic) bond motifs is 1. The molecule has 0 bridgehead atoms. The summed E-state index contributed by atoms with van der Waals surface area (Å²) in [5.74, 6) is -0.491. The van der Waals surface area contributed by atoms with Crippen molar-refractivity contribution >= 4 is 40.6 Å². The Bertz CT molecular complexity index is 1220. The minimum absolute atomic E-state index is 0.0449. The second kappa shape index (κ2) is 7.64. The van der Waals surface area contributed by atoms with Crippen LogP contribution in [0.3, 0.4) is 0 Å². The highest BCUT2D eigenvalue weighted by atomic mass is 32.2. The van der Waals surface area contributed by atoms with Gasteiger partial charge in [0, 0.05) is 23.8 Å². The van der Waals surface area contributed by atoms with Crippen LogP contribution in [0.5, 0.6) is 0 Å². The van der Waals surface area contributed by atoms with E-state index in [1.807, 2.05) is 6.07 Å². The zero-order chi connectivity index (χ0) is 20.4. The lowest BCUT2D eigenvalue weighted by Crippen LogP contribution is -1.96. The van der Waals surface area contributed by atoms with E-state index in [1.165, 1.54) is 18.2 Å². The van der Waals surface area contributed by atoms with E-state index >= 15 is 0 Å². The maximum absolute atomic E-state index is 11.6. The third-order valence-electron chi connectivity index (χ3n) is 3.92. The lowest BCUT2D eigenvalue weighted by molar-refractivity contribution is -0.384. The van der Waals surface area contributed by atoms with Crippen LogP contribution in [0, 0.1) is 10.1 Å². The zero-order valence-electron chi connectivity index (χ0n) is 14.6. The Morgan fingerprint density at radius 3 is 2.69 bits per heavy atom. The third kappa shape index (κ3) is 4.04. The fourth-order valence-corrected chi connectivity index (χ4v) is 3.34. The predicted octanol–water partition coefficient (Wildman–Crippen LogP) is 5.21. The van der Waals surface area contributed by atoms with Gasteiger partial charge in [0.05, 0.1) is 4.92 Å². The van der Waals surface area contributed by atoms with E-state index in [0.29, 0.717) is 22.4 Å². The molecule has 8 nitrogen and oxygen atoms in total. The van der Waals surface area contributed by atoms with E-state index in [2.05, 4.69) is 4.98 Å². The van der Waals surface area contributed by atoms with Crippen molar-refractivity contribution in [3.63, 3.8) is 0 Å². The SMILES string of the molecule is O=C(O)/C(=C/c1ccc(-c2cccc([N+](=O)[O-])c2)o1)Sc1nc2ccccc2o1. The second-order valence-electron chi connectivity index (χ2n) is 5.87. The molecule has 0 unspecified atom stereocenters. The van der Waals surface area contributed by atoms with Gasteiger partial charge in [-0.05, 0) is 36.0 Å². The smallest absolute Gasteiger partial charge is 0.342 e. The number of aliphatic carboxylic acids is 1. The maximum atomic E-state index is 11.6. The van der Waals surface area contributed by atoms with Gasteiger partial charge in [0.25, 0.3) is 10.9 Å². The first-order chi connectivity index (χ1) is 14.0. The lowest BCUT2D eigenvalue weighted by Gasteiger charge is -1.98.